The zero-order valence-electron chi connectivity index (χ0n) is 17.0. The Hall–Kier alpha value is -2.96. The average Bonchev–Trinajstić information content (AvgIpc) is 3.46. The van der Waals surface area contributed by atoms with Crippen LogP contribution < -0.4 is 0 Å². The van der Waals surface area contributed by atoms with Crippen LogP contribution in [0.1, 0.15) is 69.2 Å². The number of halogens is 1. The number of ether oxygens (including phenoxy) is 1. The minimum atomic E-state index is -0.749. The first kappa shape index (κ1) is 20.8. The molecule has 29 heavy (non-hydrogen) atoms. The zero-order valence-corrected chi connectivity index (χ0v) is 17.0. The predicted molar refractivity (Wildman–Crippen MR) is 106 cm³/mol. The van der Waals surface area contributed by atoms with Gasteiger partial charge in [-0.25, -0.2) is 9.18 Å². The van der Waals surface area contributed by atoms with Crippen LogP contribution in [0.2, 0.25) is 0 Å². The lowest BCUT2D eigenvalue weighted by molar-refractivity contribution is 0.0518. The van der Waals surface area contributed by atoms with Crippen LogP contribution in [0.3, 0.4) is 0 Å². The van der Waals surface area contributed by atoms with E-state index in [9.17, 15) is 18.8 Å². The minimum absolute atomic E-state index is 0.0474. The number of hydrogen-bond donors (Lipinski definition) is 1. The molecule has 1 unspecified atom stereocenters. The molecule has 1 aliphatic carbocycles. The van der Waals surface area contributed by atoms with Crippen molar-refractivity contribution in [1.29, 1.82) is 0 Å². The van der Waals surface area contributed by atoms with Gasteiger partial charge in [-0.1, -0.05) is 6.07 Å². The first-order valence-electron chi connectivity index (χ1n) is 9.75. The number of aromatic nitrogens is 1. The second kappa shape index (κ2) is 8.19. The number of hydrogen-bond acceptors (Lipinski definition) is 4. The maximum atomic E-state index is 13.6. The van der Waals surface area contributed by atoms with Crippen LogP contribution >= 0.6 is 0 Å². The molecule has 154 valence electrons. The van der Waals surface area contributed by atoms with Crippen LogP contribution in [0.25, 0.3) is 0 Å². The molecule has 1 N–H and O–H groups in total. The Bertz CT molecular complexity index is 962. The SMILES string of the molecule is CCOC(=O)c1[nH]c(C)c(C(=O)C(C)N(C(=O)c2cccc(F)c2)C2CC2)c1C. The number of nitrogens with one attached hydrogen (secondary N) is 1. The normalized spacial score (nSPS) is 14.4. The Kier molecular flexibility index (Phi) is 5.86. The summed E-state index contributed by atoms with van der Waals surface area (Å²) in [5, 5.41) is 0. The van der Waals surface area contributed by atoms with Gasteiger partial charge in [0.25, 0.3) is 5.91 Å². The maximum absolute atomic E-state index is 13.6. The number of nitrogens with zero attached hydrogens (tertiary/aromatic N) is 1. The van der Waals surface area contributed by atoms with Gasteiger partial charge in [-0.15, -0.1) is 0 Å². The third-order valence-corrected chi connectivity index (χ3v) is 5.21. The number of esters is 1. The van der Waals surface area contributed by atoms with Crippen LogP contribution in [0, 0.1) is 19.7 Å². The topological polar surface area (TPSA) is 79.5 Å². The summed E-state index contributed by atoms with van der Waals surface area (Å²) >= 11 is 0. The van der Waals surface area contributed by atoms with Gasteiger partial charge in [0, 0.05) is 22.9 Å². The van der Waals surface area contributed by atoms with Crippen molar-refractivity contribution in [3.63, 3.8) is 0 Å². The summed E-state index contributed by atoms with van der Waals surface area (Å²) < 4.78 is 18.6. The number of rotatable bonds is 7. The number of aryl methyl sites for hydroxylation is 1. The minimum Gasteiger partial charge on any atom is -0.461 e. The lowest BCUT2D eigenvalue weighted by atomic mass is 9.99. The van der Waals surface area contributed by atoms with Gasteiger partial charge in [0.05, 0.1) is 12.6 Å². The lowest BCUT2D eigenvalue weighted by Gasteiger charge is -2.29. The van der Waals surface area contributed by atoms with Crippen molar-refractivity contribution in [3.8, 4) is 0 Å². The molecule has 2 aromatic rings. The molecule has 1 saturated carbocycles. The molecular formula is C22H25FN2O4. The Balaban J connectivity index is 1.92. The third-order valence-electron chi connectivity index (χ3n) is 5.21. The molecule has 7 heteroatoms. The summed E-state index contributed by atoms with van der Waals surface area (Å²) in [6.07, 6.45) is 1.61. The summed E-state index contributed by atoms with van der Waals surface area (Å²) in [5.74, 6) is -1.65. The highest BCUT2D eigenvalue weighted by atomic mass is 19.1. The highest BCUT2D eigenvalue weighted by molar-refractivity contribution is 6.07. The van der Waals surface area contributed by atoms with Gasteiger partial charge in [0.2, 0.25) is 0 Å². The van der Waals surface area contributed by atoms with E-state index in [1.54, 1.807) is 33.8 Å². The molecule has 0 saturated heterocycles. The smallest absolute Gasteiger partial charge is 0.355 e. The molecule has 1 aromatic carbocycles. The number of H-pyrrole nitrogens is 1. The Labute approximate surface area is 169 Å². The molecule has 3 rings (SSSR count). The summed E-state index contributed by atoms with van der Waals surface area (Å²) in [6, 6.07) is 4.68. The molecule has 1 fully saturated rings. The van der Waals surface area contributed by atoms with Gasteiger partial charge in [-0.3, -0.25) is 9.59 Å². The van der Waals surface area contributed by atoms with E-state index in [1.165, 1.54) is 23.1 Å². The van der Waals surface area contributed by atoms with Crippen LogP contribution in [0.5, 0.6) is 0 Å². The monoisotopic (exact) mass is 400 g/mol. The first-order valence-corrected chi connectivity index (χ1v) is 9.75. The van der Waals surface area contributed by atoms with E-state index in [0.717, 1.165) is 12.8 Å². The van der Waals surface area contributed by atoms with Crippen LogP contribution in [0.4, 0.5) is 4.39 Å². The van der Waals surface area contributed by atoms with Crippen LogP contribution in [-0.2, 0) is 4.74 Å². The fraction of sp³-hybridized carbons (Fsp3) is 0.409. The quantitative estimate of drug-likeness (QED) is 0.566. The number of Topliss-reactive ketones (excluding diaryl/α,β-unsaturated/α-hetero) is 1. The summed E-state index contributed by atoms with van der Waals surface area (Å²) in [7, 11) is 0. The van der Waals surface area contributed by atoms with Crippen molar-refractivity contribution in [2.45, 2.75) is 52.6 Å². The summed E-state index contributed by atoms with van der Waals surface area (Å²) in [4.78, 5) is 43.0. The fourth-order valence-electron chi connectivity index (χ4n) is 3.64. The van der Waals surface area contributed by atoms with Crippen molar-refractivity contribution < 1.29 is 23.5 Å². The van der Waals surface area contributed by atoms with Gasteiger partial charge < -0.3 is 14.6 Å². The van der Waals surface area contributed by atoms with E-state index in [-0.39, 0.29) is 35.6 Å². The maximum Gasteiger partial charge on any atom is 0.355 e. The van der Waals surface area contributed by atoms with E-state index in [0.29, 0.717) is 16.8 Å². The molecule has 0 radical (unpaired) electrons. The zero-order chi connectivity index (χ0) is 21.3. The van der Waals surface area contributed by atoms with Crippen LogP contribution in [-0.4, -0.2) is 46.2 Å². The lowest BCUT2D eigenvalue weighted by Crippen LogP contribution is -2.45. The largest absolute Gasteiger partial charge is 0.461 e. The number of ketones is 1. The van der Waals surface area contributed by atoms with Crippen molar-refractivity contribution in [2.75, 3.05) is 6.61 Å². The Morgan fingerprint density at radius 2 is 1.97 bits per heavy atom. The average molecular weight is 400 g/mol. The second-order valence-corrected chi connectivity index (χ2v) is 7.34. The van der Waals surface area contributed by atoms with Gasteiger partial charge in [0.15, 0.2) is 5.78 Å². The van der Waals surface area contributed by atoms with Crippen molar-refractivity contribution in [1.82, 2.24) is 9.88 Å². The first-order chi connectivity index (χ1) is 13.8. The highest BCUT2D eigenvalue weighted by Gasteiger charge is 2.40. The van der Waals surface area contributed by atoms with E-state index < -0.39 is 17.8 Å². The van der Waals surface area contributed by atoms with E-state index in [1.807, 2.05) is 0 Å². The molecule has 0 bridgehead atoms. The van der Waals surface area contributed by atoms with Crippen molar-refractivity contribution >= 4 is 17.7 Å². The third kappa shape index (κ3) is 4.09. The molecule has 0 spiro atoms. The number of carbonyl (C=O) groups excluding carboxylic acids is 3. The molecule has 6 nitrogen and oxygen atoms in total. The van der Waals surface area contributed by atoms with Crippen LogP contribution in [0.15, 0.2) is 24.3 Å². The van der Waals surface area contributed by atoms with E-state index in [4.69, 9.17) is 4.74 Å². The molecule has 0 aliphatic heterocycles. The molecular weight excluding hydrogens is 375 g/mol. The Morgan fingerprint density at radius 1 is 1.28 bits per heavy atom. The van der Waals surface area contributed by atoms with Crippen molar-refractivity contribution in [2.24, 2.45) is 0 Å². The second-order valence-electron chi connectivity index (χ2n) is 7.34. The number of carbonyl (C=O) groups is 3. The molecule has 1 heterocycles. The number of benzene rings is 1. The summed E-state index contributed by atoms with van der Waals surface area (Å²) in [6.45, 7) is 7.02. The van der Waals surface area contributed by atoms with Gasteiger partial charge >= 0.3 is 5.97 Å². The van der Waals surface area contributed by atoms with E-state index >= 15 is 0 Å². The molecule has 1 atom stereocenters. The number of aromatic amines is 1. The van der Waals surface area contributed by atoms with Gasteiger partial charge in [0.1, 0.15) is 11.5 Å². The Morgan fingerprint density at radius 3 is 2.55 bits per heavy atom. The van der Waals surface area contributed by atoms with Gasteiger partial charge in [-0.05, 0) is 64.3 Å². The van der Waals surface area contributed by atoms with Crippen molar-refractivity contribution in [3.05, 3.63) is 58.2 Å². The van der Waals surface area contributed by atoms with Gasteiger partial charge in [-0.2, -0.15) is 0 Å². The standard InChI is InChI=1S/C22H25FN2O4/c1-5-29-22(28)19-12(2)18(13(3)24-19)20(26)14(4)25(17-9-10-17)21(27)15-7-6-8-16(23)11-15/h6-8,11,14,17,24H,5,9-10H2,1-4H3. The predicted octanol–water partition coefficient (Wildman–Crippen LogP) is 3.82. The van der Waals surface area contributed by atoms with E-state index in [2.05, 4.69) is 4.98 Å². The molecule has 1 amide bonds. The summed E-state index contributed by atoms with van der Waals surface area (Å²) in [5.41, 5.74) is 1.90. The highest BCUT2D eigenvalue weighted by Crippen LogP contribution is 2.32. The molecule has 1 aromatic heterocycles. The molecule has 1 aliphatic rings. The number of amides is 1. The fourth-order valence-corrected chi connectivity index (χ4v) is 3.64.